The summed E-state index contributed by atoms with van der Waals surface area (Å²) in [6.45, 7) is 3.56. The van der Waals surface area contributed by atoms with E-state index in [9.17, 15) is 17.6 Å². The Morgan fingerprint density at radius 3 is 2.38 bits per heavy atom. The molecule has 0 radical (unpaired) electrons. The van der Waals surface area contributed by atoms with Crippen LogP contribution in [0.2, 0.25) is 0 Å². The van der Waals surface area contributed by atoms with E-state index in [1.165, 1.54) is 19.1 Å². The lowest BCUT2D eigenvalue weighted by atomic mass is 10.1. The van der Waals surface area contributed by atoms with E-state index in [1.54, 1.807) is 41.6 Å². The monoisotopic (exact) mass is 455 g/mol. The van der Waals surface area contributed by atoms with Gasteiger partial charge in [-0.1, -0.05) is 12.1 Å². The number of benzene rings is 2. The molecule has 1 aliphatic heterocycles. The molecule has 2 aromatic carbocycles. The Bertz CT molecular complexity index is 1230. The molecular formula is C22H22FN5O3S. The molecular weight excluding hydrogens is 433 g/mol. The maximum atomic E-state index is 13.4. The zero-order valence-electron chi connectivity index (χ0n) is 17.4. The first-order chi connectivity index (χ1) is 15.3. The molecule has 1 saturated heterocycles. The predicted octanol–water partition coefficient (Wildman–Crippen LogP) is 2.69. The van der Waals surface area contributed by atoms with E-state index < -0.39 is 15.8 Å². The molecule has 1 amide bonds. The van der Waals surface area contributed by atoms with Gasteiger partial charge in [0.05, 0.1) is 16.1 Å². The molecule has 0 atom stereocenters. The minimum atomic E-state index is -4.00. The number of anilines is 2. The fraction of sp³-hybridized carbons (Fsp3) is 0.227. The van der Waals surface area contributed by atoms with Crippen LogP contribution in [0.5, 0.6) is 0 Å². The minimum Gasteiger partial charge on any atom is -0.337 e. The highest BCUT2D eigenvalue weighted by molar-refractivity contribution is 7.92. The van der Waals surface area contributed by atoms with Crippen LogP contribution in [0.4, 0.5) is 16.0 Å². The second-order valence-electron chi connectivity index (χ2n) is 7.39. The average molecular weight is 456 g/mol. The van der Waals surface area contributed by atoms with Gasteiger partial charge < -0.3 is 9.80 Å². The van der Waals surface area contributed by atoms with Gasteiger partial charge in [-0.15, -0.1) is 0 Å². The van der Waals surface area contributed by atoms with E-state index in [4.69, 9.17) is 0 Å². The summed E-state index contributed by atoms with van der Waals surface area (Å²) in [7, 11) is -4.00. The third-order valence-electron chi connectivity index (χ3n) is 5.23. The molecule has 4 rings (SSSR count). The Hall–Kier alpha value is -3.53. The molecule has 2 heterocycles. The lowest BCUT2D eigenvalue weighted by Crippen LogP contribution is -2.49. The standard InChI is InChI=1S/C22H22FN5O3S/c1-16-15-17(23)7-8-20(16)32(30,31)26-19-6-3-2-5-18(19)21(29)27-11-13-28(14-12-27)22-24-9-4-10-25-22/h2-10,15,26H,11-14H2,1H3. The van der Waals surface area contributed by atoms with Gasteiger partial charge in [0.1, 0.15) is 5.82 Å². The Morgan fingerprint density at radius 2 is 1.69 bits per heavy atom. The van der Waals surface area contributed by atoms with Gasteiger partial charge in [-0.3, -0.25) is 9.52 Å². The van der Waals surface area contributed by atoms with E-state index in [-0.39, 0.29) is 27.6 Å². The number of piperazine rings is 1. The molecule has 1 aliphatic rings. The van der Waals surface area contributed by atoms with E-state index in [0.29, 0.717) is 32.1 Å². The molecule has 0 saturated carbocycles. The zero-order chi connectivity index (χ0) is 22.7. The van der Waals surface area contributed by atoms with Gasteiger partial charge in [-0.05, 0) is 48.9 Å². The average Bonchev–Trinajstić information content (AvgIpc) is 2.79. The Labute approximate surface area is 185 Å². The van der Waals surface area contributed by atoms with E-state index in [0.717, 1.165) is 12.1 Å². The molecule has 1 fully saturated rings. The Balaban J connectivity index is 1.52. The van der Waals surface area contributed by atoms with Crippen LogP contribution in [0, 0.1) is 12.7 Å². The highest BCUT2D eigenvalue weighted by Gasteiger charge is 2.26. The highest BCUT2D eigenvalue weighted by atomic mass is 32.2. The summed E-state index contributed by atoms with van der Waals surface area (Å²) in [6, 6.07) is 11.7. The van der Waals surface area contributed by atoms with Crippen LogP contribution in [0.1, 0.15) is 15.9 Å². The summed E-state index contributed by atoms with van der Waals surface area (Å²) in [4.78, 5) is 25.3. The van der Waals surface area contributed by atoms with Crippen molar-refractivity contribution in [1.29, 1.82) is 0 Å². The third-order valence-corrected chi connectivity index (χ3v) is 6.76. The second kappa shape index (κ2) is 8.91. The lowest BCUT2D eigenvalue weighted by Gasteiger charge is -2.35. The topological polar surface area (TPSA) is 95.5 Å². The van der Waals surface area contributed by atoms with Crippen LogP contribution in [0.15, 0.2) is 65.8 Å². The molecule has 0 unspecified atom stereocenters. The van der Waals surface area contributed by atoms with Crippen molar-refractivity contribution in [3.8, 4) is 0 Å². The maximum absolute atomic E-state index is 13.4. The van der Waals surface area contributed by atoms with Gasteiger partial charge in [0.25, 0.3) is 15.9 Å². The van der Waals surface area contributed by atoms with Crippen molar-refractivity contribution >= 4 is 27.6 Å². The molecule has 0 bridgehead atoms. The lowest BCUT2D eigenvalue weighted by molar-refractivity contribution is 0.0747. The molecule has 0 spiro atoms. The zero-order valence-corrected chi connectivity index (χ0v) is 18.2. The van der Waals surface area contributed by atoms with Gasteiger partial charge in [-0.2, -0.15) is 0 Å². The smallest absolute Gasteiger partial charge is 0.262 e. The normalized spacial score (nSPS) is 14.3. The SMILES string of the molecule is Cc1cc(F)ccc1S(=O)(=O)Nc1ccccc1C(=O)N1CCN(c2ncccn2)CC1. The van der Waals surface area contributed by atoms with Gasteiger partial charge in [0.2, 0.25) is 5.95 Å². The van der Waals surface area contributed by atoms with Crippen molar-refractivity contribution in [2.24, 2.45) is 0 Å². The predicted molar refractivity (Wildman–Crippen MR) is 119 cm³/mol. The number of nitrogens with zero attached hydrogens (tertiary/aromatic N) is 4. The number of carbonyl (C=O) groups excluding carboxylic acids is 1. The molecule has 8 nitrogen and oxygen atoms in total. The number of aryl methyl sites for hydroxylation is 1. The number of rotatable bonds is 5. The number of carbonyl (C=O) groups is 1. The van der Waals surface area contributed by atoms with Crippen molar-refractivity contribution in [2.45, 2.75) is 11.8 Å². The van der Waals surface area contributed by atoms with Gasteiger partial charge in [0, 0.05) is 38.6 Å². The number of halogens is 1. The van der Waals surface area contributed by atoms with Crippen molar-refractivity contribution in [3.63, 3.8) is 0 Å². The quantitative estimate of drug-likeness (QED) is 0.636. The van der Waals surface area contributed by atoms with E-state index in [1.807, 2.05) is 4.90 Å². The Kier molecular flexibility index (Phi) is 6.04. The molecule has 1 N–H and O–H groups in total. The van der Waals surface area contributed by atoms with Gasteiger partial charge >= 0.3 is 0 Å². The van der Waals surface area contributed by atoms with Crippen molar-refractivity contribution in [1.82, 2.24) is 14.9 Å². The molecule has 0 aliphatic carbocycles. The fourth-order valence-corrected chi connectivity index (χ4v) is 4.91. The highest BCUT2D eigenvalue weighted by Crippen LogP contribution is 2.24. The van der Waals surface area contributed by atoms with Crippen LogP contribution in [0.25, 0.3) is 0 Å². The maximum Gasteiger partial charge on any atom is 0.262 e. The van der Waals surface area contributed by atoms with Gasteiger partial charge in [-0.25, -0.2) is 22.8 Å². The molecule has 1 aromatic heterocycles. The summed E-state index contributed by atoms with van der Waals surface area (Å²) < 4.78 is 41.7. The van der Waals surface area contributed by atoms with Crippen LogP contribution >= 0.6 is 0 Å². The molecule has 3 aromatic rings. The number of sulfonamides is 1. The van der Waals surface area contributed by atoms with Crippen molar-refractivity contribution in [3.05, 3.63) is 77.9 Å². The number of amides is 1. The van der Waals surface area contributed by atoms with E-state index in [2.05, 4.69) is 14.7 Å². The fourth-order valence-electron chi connectivity index (χ4n) is 3.61. The summed E-state index contributed by atoms with van der Waals surface area (Å²) in [5.41, 5.74) is 0.704. The van der Waals surface area contributed by atoms with Crippen LogP contribution < -0.4 is 9.62 Å². The number of aromatic nitrogens is 2. The minimum absolute atomic E-state index is 0.0439. The van der Waals surface area contributed by atoms with Crippen molar-refractivity contribution < 1.29 is 17.6 Å². The molecule has 166 valence electrons. The van der Waals surface area contributed by atoms with Crippen LogP contribution in [-0.4, -0.2) is 55.4 Å². The largest absolute Gasteiger partial charge is 0.337 e. The molecule has 32 heavy (non-hydrogen) atoms. The summed E-state index contributed by atoms with van der Waals surface area (Å²) in [6.07, 6.45) is 3.34. The summed E-state index contributed by atoms with van der Waals surface area (Å²) in [5, 5.41) is 0. The van der Waals surface area contributed by atoms with Crippen molar-refractivity contribution in [2.75, 3.05) is 35.8 Å². The number of nitrogens with one attached hydrogen (secondary N) is 1. The number of hydrogen-bond donors (Lipinski definition) is 1. The summed E-state index contributed by atoms with van der Waals surface area (Å²) in [5.74, 6) is -0.174. The first-order valence-corrected chi connectivity index (χ1v) is 11.5. The van der Waals surface area contributed by atoms with E-state index >= 15 is 0 Å². The van der Waals surface area contributed by atoms with Gasteiger partial charge in [0.15, 0.2) is 0 Å². The number of hydrogen-bond acceptors (Lipinski definition) is 6. The first-order valence-electron chi connectivity index (χ1n) is 10.0. The number of para-hydroxylation sites is 1. The second-order valence-corrected chi connectivity index (χ2v) is 9.04. The van der Waals surface area contributed by atoms with Crippen LogP contribution in [-0.2, 0) is 10.0 Å². The first kappa shape index (κ1) is 21.7. The molecule has 10 heteroatoms. The Morgan fingerprint density at radius 1 is 1.00 bits per heavy atom. The third kappa shape index (κ3) is 4.54. The van der Waals surface area contributed by atoms with Crippen LogP contribution in [0.3, 0.4) is 0 Å². The summed E-state index contributed by atoms with van der Waals surface area (Å²) >= 11 is 0.